The molecule has 5 atom stereocenters. The molecular weight excluding hydrogens is 348 g/mol. The zero-order chi connectivity index (χ0) is 18.7. The van der Waals surface area contributed by atoms with Gasteiger partial charge in [0.25, 0.3) is 0 Å². The van der Waals surface area contributed by atoms with Gasteiger partial charge in [-0.25, -0.2) is 4.79 Å². The Morgan fingerprint density at radius 2 is 2.23 bits per heavy atom. The van der Waals surface area contributed by atoms with Crippen molar-refractivity contribution in [3.63, 3.8) is 0 Å². The number of hydrogen-bond donors (Lipinski definition) is 5. The minimum absolute atomic E-state index is 0.0650. The van der Waals surface area contributed by atoms with Crippen molar-refractivity contribution in [3.8, 4) is 0 Å². The quantitative estimate of drug-likeness (QED) is 0.301. The van der Waals surface area contributed by atoms with Crippen LogP contribution < -0.4 is 16.5 Å². The van der Waals surface area contributed by atoms with Crippen LogP contribution in [0.1, 0.15) is 25.5 Å². The molecule has 5 N–H and O–H groups in total. The van der Waals surface area contributed by atoms with Crippen LogP contribution in [-0.4, -0.2) is 68.4 Å². The summed E-state index contributed by atoms with van der Waals surface area (Å²) in [4.78, 5) is 27.5. The minimum Gasteiger partial charge on any atom is -0.462 e. The molecule has 3 heterocycles. The molecule has 0 radical (unpaired) electrons. The van der Waals surface area contributed by atoms with Gasteiger partial charge in [0.2, 0.25) is 0 Å². The van der Waals surface area contributed by atoms with Crippen LogP contribution in [0.3, 0.4) is 0 Å². The molecule has 0 unspecified atom stereocenters. The second-order valence-electron chi connectivity index (χ2n) is 6.29. The zero-order valence-corrected chi connectivity index (χ0v) is 13.9. The number of carbonyl (C=O) groups is 1. The number of nitrogens with zero attached hydrogens (tertiary/aromatic N) is 2. The molecule has 0 amide bonds. The maximum absolute atomic E-state index is 12.0. The van der Waals surface area contributed by atoms with E-state index >= 15 is 0 Å². The van der Waals surface area contributed by atoms with Crippen LogP contribution in [0, 0.1) is 0 Å². The van der Waals surface area contributed by atoms with Crippen LogP contribution in [0.15, 0.2) is 17.1 Å². The minimum atomic E-state index is -1.40. The van der Waals surface area contributed by atoms with Crippen LogP contribution in [-0.2, 0) is 14.3 Å². The van der Waals surface area contributed by atoms with Gasteiger partial charge in [-0.1, -0.05) is 6.42 Å². The summed E-state index contributed by atoms with van der Waals surface area (Å²) in [6, 6.07) is 0.916. The van der Waals surface area contributed by atoms with E-state index in [1.165, 1.54) is 12.3 Å². The number of aliphatic hydroxyl groups is 2. The van der Waals surface area contributed by atoms with Gasteiger partial charge < -0.3 is 25.0 Å². The number of piperidine rings is 1. The van der Waals surface area contributed by atoms with E-state index in [-0.39, 0.29) is 18.5 Å². The summed E-state index contributed by atoms with van der Waals surface area (Å²) in [6.07, 6.45) is -1.02. The Balaban J connectivity index is 1.62. The Labute approximate surface area is 148 Å². The molecule has 1 aromatic heterocycles. The highest BCUT2D eigenvalue weighted by molar-refractivity contribution is 5.75. The van der Waals surface area contributed by atoms with Crippen LogP contribution in [0.4, 0.5) is 5.82 Å². The molecule has 0 aromatic carbocycles. The summed E-state index contributed by atoms with van der Waals surface area (Å²) in [5, 5.41) is 32.1. The third kappa shape index (κ3) is 3.86. The Morgan fingerprint density at radius 1 is 1.42 bits per heavy atom. The summed E-state index contributed by atoms with van der Waals surface area (Å²) in [6.45, 7) is 0.502. The van der Waals surface area contributed by atoms with Gasteiger partial charge in [0, 0.05) is 6.20 Å². The lowest BCUT2D eigenvalue weighted by molar-refractivity contribution is -0.153. The van der Waals surface area contributed by atoms with Crippen molar-refractivity contribution in [2.24, 2.45) is 0 Å². The molecule has 2 fully saturated rings. The molecule has 2 aliphatic heterocycles. The summed E-state index contributed by atoms with van der Waals surface area (Å²) >= 11 is 0. The Morgan fingerprint density at radius 3 is 2.88 bits per heavy atom. The van der Waals surface area contributed by atoms with Crippen molar-refractivity contribution < 1.29 is 29.7 Å². The van der Waals surface area contributed by atoms with Crippen molar-refractivity contribution in [1.29, 1.82) is 0 Å². The molecule has 1 aromatic rings. The van der Waals surface area contributed by atoms with E-state index in [0.717, 1.165) is 24.0 Å². The smallest absolute Gasteiger partial charge is 0.351 e. The largest absolute Gasteiger partial charge is 0.462 e. The monoisotopic (exact) mass is 370 g/mol. The number of nitrogens with one attached hydrogen (secondary N) is 2. The van der Waals surface area contributed by atoms with E-state index in [4.69, 9.17) is 14.7 Å². The molecule has 2 aliphatic rings. The molecule has 26 heavy (non-hydrogen) atoms. The lowest BCUT2D eigenvalue weighted by atomic mass is 10.1. The van der Waals surface area contributed by atoms with Crippen molar-refractivity contribution in [1.82, 2.24) is 14.9 Å². The average molecular weight is 370 g/mol. The van der Waals surface area contributed by atoms with Gasteiger partial charge in [0.1, 0.15) is 31.0 Å². The number of rotatable bonds is 5. The zero-order valence-electron chi connectivity index (χ0n) is 13.9. The van der Waals surface area contributed by atoms with Crippen LogP contribution in [0.25, 0.3) is 0 Å². The van der Waals surface area contributed by atoms with Gasteiger partial charge in [-0.2, -0.15) is 4.98 Å². The maximum atomic E-state index is 12.0. The molecule has 0 bridgehead atoms. The average Bonchev–Trinajstić information content (AvgIpc) is 2.95. The second kappa shape index (κ2) is 8.10. The van der Waals surface area contributed by atoms with Crippen LogP contribution >= 0.6 is 0 Å². The van der Waals surface area contributed by atoms with Gasteiger partial charge in [0.15, 0.2) is 12.0 Å². The molecule has 3 rings (SSSR count). The molecule has 2 saturated heterocycles. The number of hydrogen-bond acceptors (Lipinski definition) is 10. The number of carbonyl (C=O) groups excluding carboxylic acids is 1. The van der Waals surface area contributed by atoms with Crippen molar-refractivity contribution in [3.05, 3.63) is 22.7 Å². The van der Waals surface area contributed by atoms with Crippen LogP contribution in [0.2, 0.25) is 0 Å². The van der Waals surface area contributed by atoms with Gasteiger partial charge >= 0.3 is 11.7 Å². The summed E-state index contributed by atoms with van der Waals surface area (Å²) in [5.41, 5.74) is 0.950. The molecule has 0 spiro atoms. The number of esters is 1. The molecule has 11 heteroatoms. The lowest BCUT2D eigenvalue weighted by Crippen LogP contribution is -2.43. The number of ether oxygens (including phenoxy) is 2. The molecule has 144 valence electrons. The van der Waals surface area contributed by atoms with Gasteiger partial charge in [-0.3, -0.25) is 20.0 Å². The normalized spacial score (nSPS) is 31.6. The topological polar surface area (TPSA) is 155 Å². The number of aliphatic hydroxyl groups excluding tert-OH is 2. The Bertz CT molecular complexity index is 691. The molecule has 0 aliphatic carbocycles. The van der Waals surface area contributed by atoms with E-state index < -0.39 is 36.2 Å². The molecule has 0 saturated carbocycles. The fraction of sp³-hybridized carbons (Fsp3) is 0.667. The van der Waals surface area contributed by atoms with E-state index in [9.17, 15) is 19.8 Å². The third-order valence-electron chi connectivity index (χ3n) is 4.54. The second-order valence-corrected chi connectivity index (χ2v) is 6.29. The van der Waals surface area contributed by atoms with Crippen molar-refractivity contribution in [2.45, 2.75) is 49.8 Å². The predicted molar refractivity (Wildman–Crippen MR) is 86.4 cm³/mol. The Hall–Kier alpha value is -2.05. The highest BCUT2D eigenvalue weighted by atomic mass is 16.6. The number of anilines is 1. The van der Waals surface area contributed by atoms with Gasteiger partial charge in [0.05, 0.1) is 0 Å². The number of aromatic nitrogens is 2. The van der Waals surface area contributed by atoms with E-state index in [1.807, 2.05) is 0 Å². The summed E-state index contributed by atoms with van der Waals surface area (Å²) < 4.78 is 11.7. The van der Waals surface area contributed by atoms with Crippen molar-refractivity contribution >= 4 is 11.8 Å². The lowest BCUT2D eigenvalue weighted by Gasteiger charge is -2.23. The fourth-order valence-electron chi connectivity index (χ4n) is 3.08. The fourth-order valence-corrected chi connectivity index (χ4v) is 3.08. The van der Waals surface area contributed by atoms with E-state index in [2.05, 4.69) is 10.3 Å². The van der Waals surface area contributed by atoms with Crippen molar-refractivity contribution in [2.75, 3.05) is 18.6 Å². The summed E-state index contributed by atoms with van der Waals surface area (Å²) in [7, 11) is 0. The standard InChI is InChI=1S/C15H22N4O7/c20-11-9(7-25-14(22)8-3-1-2-5-16-8)26-13(12(11)21)19-6-4-10(18-24)17-15(19)23/h4,6,8-9,11-13,16,20-21,24H,1-3,5,7H2,(H,17,18,23)/t8-,9-,11-,12-,13-/m1/s1. The highest BCUT2D eigenvalue weighted by Crippen LogP contribution is 2.28. The third-order valence-corrected chi connectivity index (χ3v) is 4.54. The first kappa shape index (κ1) is 18.7. The van der Waals surface area contributed by atoms with Gasteiger partial charge in [-0.15, -0.1) is 0 Å². The first-order valence-corrected chi connectivity index (χ1v) is 8.42. The summed E-state index contributed by atoms with van der Waals surface area (Å²) in [5.74, 6) is -0.500. The first-order chi connectivity index (χ1) is 12.5. The molecule has 11 nitrogen and oxygen atoms in total. The van der Waals surface area contributed by atoms with Gasteiger partial charge in [-0.05, 0) is 25.5 Å². The molecular formula is C15H22N4O7. The van der Waals surface area contributed by atoms with Crippen LogP contribution in [0.5, 0.6) is 0 Å². The SMILES string of the molecule is O=C(OC[C@H]1O[C@@H](n2ccc(NO)nc2=O)[C@H](O)[C@@H]1O)[C@H]1CCCCN1. The van der Waals surface area contributed by atoms with E-state index in [0.29, 0.717) is 6.42 Å². The van der Waals surface area contributed by atoms with E-state index in [1.54, 1.807) is 5.48 Å². The maximum Gasteiger partial charge on any atom is 0.351 e. The highest BCUT2D eigenvalue weighted by Gasteiger charge is 2.45. The first-order valence-electron chi connectivity index (χ1n) is 8.42. The predicted octanol–water partition coefficient (Wildman–Crippen LogP) is -1.65. The Kier molecular flexibility index (Phi) is 5.84.